The topological polar surface area (TPSA) is 60.9 Å². The van der Waals surface area contributed by atoms with Gasteiger partial charge >= 0.3 is 12.0 Å². The van der Waals surface area contributed by atoms with Crippen LogP contribution in [-0.2, 0) is 4.79 Å². The average Bonchev–Trinajstić information content (AvgIpc) is 2.79. The zero-order valence-corrected chi connectivity index (χ0v) is 13.4. The molecule has 118 valence electrons. The molecule has 0 spiro atoms. The van der Waals surface area contributed by atoms with E-state index in [9.17, 15) is 9.59 Å². The van der Waals surface area contributed by atoms with Crippen LogP contribution in [0.15, 0.2) is 11.6 Å². The third-order valence-corrected chi connectivity index (χ3v) is 4.64. The van der Waals surface area contributed by atoms with E-state index in [0.29, 0.717) is 19.6 Å². The zero-order chi connectivity index (χ0) is 15.8. The first-order valence-corrected chi connectivity index (χ1v) is 7.66. The highest BCUT2D eigenvalue weighted by Crippen LogP contribution is 2.31. The van der Waals surface area contributed by atoms with Gasteiger partial charge in [-0.1, -0.05) is 39.3 Å². The number of amides is 2. The SMILES string of the molecule is CC1CN(C(=O)N2CC=C(C(C)(C)C)CC2)CC1C(=O)O. The van der Waals surface area contributed by atoms with Gasteiger partial charge in [0.15, 0.2) is 0 Å². The van der Waals surface area contributed by atoms with Gasteiger partial charge in [-0.25, -0.2) is 4.79 Å². The molecular weight excluding hydrogens is 268 g/mol. The molecule has 2 heterocycles. The Labute approximate surface area is 126 Å². The molecule has 1 N–H and O–H groups in total. The van der Waals surface area contributed by atoms with Crippen LogP contribution in [0, 0.1) is 17.3 Å². The number of carboxylic acid groups (broad SMARTS) is 1. The van der Waals surface area contributed by atoms with E-state index in [4.69, 9.17) is 5.11 Å². The molecule has 0 aromatic heterocycles. The van der Waals surface area contributed by atoms with Gasteiger partial charge in [0.25, 0.3) is 0 Å². The van der Waals surface area contributed by atoms with Crippen molar-refractivity contribution in [3.05, 3.63) is 11.6 Å². The third-order valence-electron chi connectivity index (χ3n) is 4.64. The van der Waals surface area contributed by atoms with E-state index in [1.54, 1.807) is 4.90 Å². The molecule has 2 aliphatic rings. The molecule has 1 fully saturated rings. The number of hydrogen-bond acceptors (Lipinski definition) is 2. The maximum Gasteiger partial charge on any atom is 0.320 e. The summed E-state index contributed by atoms with van der Waals surface area (Å²) in [4.78, 5) is 27.2. The minimum Gasteiger partial charge on any atom is -0.481 e. The molecule has 0 saturated carbocycles. The van der Waals surface area contributed by atoms with E-state index in [0.717, 1.165) is 13.0 Å². The summed E-state index contributed by atoms with van der Waals surface area (Å²) in [6, 6.07) is -0.0187. The van der Waals surface area contributed by atoms with Crippen LogP contribution in [0.2, 0.25) is 0 Å². The van der Waals surface area contributed by atoms with Crippen molar-refractivity contribution in [2.45, 2.75) is 34.1 Å². The van der Waals surface area contributed by atoms with Crippen molar-refractivity contribution in [1.29, 1.82) is 0 Å². The number of carbonyl (C=O) groups is 2. The lowest BCUT2D eigenvalue weighted by Gasteiger charge is -2.34. The van der Waals surface area contributed by atoms with Crippen LogP contribution < -0.4 is 0 Å². The first-order chi connectivity index (χ1) is 9.70. The van der Waals surface area contributed by atoms with Gasteiger partial charge in [-0.2, -0.15) is 0 Å². The Hall–Kier alpha value is -1.52. The molecular formula is C16H26N2O3. The Bertz CT molecular complexity index is 465. The van der Waals surface area contributed by atoms with Gasteiger partial charge in [0.05, 0.1) is 5.92 Å². The predicted octanol–water partition coefficient (Wildman–Crippen LogP) is 2.44. The molecule has 1 saturated heterocycles. The first-order valence-electron chi connectivity index (χ1n) is 7.66. The zero-order valence-electron chi connectivity index (χ0n) is 13.4. The van der Waals surface area contributed by atoms with Crippen LogP contribution in [0.5, 0.6) is 0 Å². The second-order valence-corrected chi connectivity index (χ2v) is 7.28. The minimum absolute atomic E-state index is 0.0187. The van der Waals surface area contributed by atoms with Crippen molar-refractivity contribution in [2.75, 3.05) is 26.2 Å². The molecule has 0 aromatic rings. The van der Waals surface area contributed by atoms with Crippen molar-refractivity contribution in [2.24, 2.45) is 17.3 Å². The molecule has 2 aliphatic heterocycles. The van der Waals surface area contributed by atoms with Gasteiger partial charge in [0.2, 0.25) is 0 Å². The summed E-state index contributed by atoms with van der Waals surface area (Å²) in [7, 11) is 0. The fourth-order valence-corrected chi connectivity index (χ4v) is 3.17. The summed E-state index contributed by atoms with van der Waals surface area (Å²) in [5.41, 5.74) is 1.55. The van der Waals surface area contributed by atoms with E-state index >= 15 is 0 Å². The van der Waals surface area contributed by atoms with E-state index < -0.39 is 11.9 Å². The van der Waals surface area contributed by atoms with Crippen molar-refractivity contribution in [3.63, 3.8) is 0 Å². The highest BCUT2D eigenvalue weighted by atomic mass is 16.4. The Morgan fingerprint density at radius 3 is 2.33 bits per heavy atom. The summed E-state index contributed by atoms with van der Waals surface area (Å²) in [6.45, 7) is 10.7. The van der Waals surface area contributed by atoms with Gasteiger partial charge < -0.3 is 14.9 Å². The molecule has 0 radical (unpaired) electrons. The van der Waals surface area contributed by atoms with Crippen LogP contribution >= 0.6 is 0 Å². The lowest BCUT2D eigenvalue weighted by Crippen LogP contribution is -2.44. The molecule has 2 amide bonds. The van der Waals surface area contributed by atoms with Gasteiger partial charge in [-0.3, -0.25) is 4.79 Å². The fourth-order valence-electron chi connectivity index (χ4n) is 3.17. The summed E-state index contributed by atoms with van der Waals surface area (Å²) in [5, 5.41) is 9.16. The lowest BCUT2D eigenvalue weighted by atomic mass is 9.83. The van der Waals surface area contributed by atoms with Crippen molar-refractivity contribution in [1.82, 2.24) is 9.80 Å². The predicted molar refractivity (Wildman–Crippen MR) is 81.0 cm³/mol. The second-order valence-electron chi connectivity index (χ2n) is 7.28. The molecule has 0 aliphatic carbocycles. The number of likely N-dealkylation sites (tertiary alicyclic amines) is 1. The van der Waals surface area contributed by atoms with Crippen molar-refractivity contribution < 1.29 is 14.7 Å². The van der Waals surface area contributed by atoms with Crippen LogP contribution in [0.1, 0.15) is 34.1 Å². The van der Waals surface area contributed by atoms with E-state index in [1.807, 2.05) is 11.8 Å². The van der Waals surface area contributed by atoms with Crippen LogP contribution in [-0.4, -0.2) is 53.1 Å². The van der Waals surface area contributed by atoms with E-state index in [1.165, 1.54) is 5.57 Å². The van der Waals surface area contributed by atoms with Crippen LogP contribution in [0.4, 0.5) is 4.79 Å². The third kappa shape index (κ3) is 3.39. The van der Waals surface area contributed by atoms with Crippen LogP contribution in [0.25, 0.3) is 0 Å². The first kappa shape index (κ1) is 15.9. The Kier molecular flexibility index (Phi) is 4.30. The number of carboxylic acids is 1. The second kappa shape index (κ2) is 5.70. The average molecular weight is 294 g/mol. The number of nitrogens with zero attached hydrogens (tertiary/aromatic N) is 2. The number of aliphatic carboxylic acids is 1. The summed E-state index contributed by atoms with van der Waals surface area (Å²) in [5.74, 6) is -1.21. The number of hydrogen-bond donors (Lipinski definition) is 1. The molecule has 21 heavy (non-hydrogen) atoms. The maximum atomic E-state index is 12.5. The fraction of sp³-hybridized carbons (Fsp3) is 0.750. The molecule has 5 heteroatoms. The van der Waals surface area contributed by atoms with E-state index in [-0.39, 0.29) is 17.4 Å². The molecule has 2 atom stereocenters. The van der Waals surface area contributed by atoms with Crippen molar-refractivity contribution >= 4 is 12.0 Å². The maximum absolute atomic E-state index is 12.5. The number of rotatable bonds is 1. The minimum atomic E-state index is -0.800. The van der Waals surface area contributed by atoms with Gasteiger partial charge in [0.1, 0.15) is 0 Å². The molecule has 0 aromatic carbocycles. The molecule has 2 rings (SSSR count). The van der Waals surface area contributed by atoms with E-state index in [2.05, 4.69) is 26.8 Å². The Balaban J connectivity index is 1.97. The monoisotopic (exact) mass is 294 g/mol. The quantitative estimate of drug-likeness (QED) is 0.756. The Morgan fingerprint density at radius 1 is 1.24 bits per heavy atom. The lowest BCUT2D eigenvalue weighted by molar-refractivity contribution is -0.142. The Morgan fingerprint density at radius 2 is 1.90 bits per heavy atom. The van der Waals surface area contributed by atoms with Crippen molar-refractivity contribution in [3.8, 4) is 0 Å². The number of urea groups is 1. The highest BCUT2D eigenvalue weighted by molar-refractivity contribution is 5.78. The smallest absolute Gasteiger partial charge is 0.320 e. The van der Waals surface area contributed by atoms with Crippen LogP contribution in [0.3, 0.4) is 0 Å². The standard InChI is InChI=1S/C16H26N2O3/c1-11-9-18(10-13(11)14(19)20)15(21)17-7-5-12(6-8-17)16(2,3)4/h5,11,13H,6-10H2,1-4H3,(H,19,20). The molecule has 2 unspecified atom stereocenters. The normalized spacial score (nSPS) is 26.8. The molecule has 5 nitrogen and oxygen atoms in total. The summed E-state index contributed by atoms with van der Waals surface area (Å²) in [6.07, 6.45) is 3.05. The molecule has 0 bridgehead atoms. The largest absolute Gasteiger partial charge is 0.481 e. The van der Waals surface area contributed by atoms with Gasteiger partial charge in [-0.15, -0.1) is 0 Å². The number of carbonyl (C=O) groups excluding carboxylic acids is 1. The van der Waals surface area contributed by atoms with Gasteiger partial charge in [0, 0.05) is 26.2 Å². The highest BCUT2D eigenvalue weighted by Gasteiger charge is 2.38. The van der Waals surface area contributed by atoms with Gasteiger partial charge in [-0.05, 0) is 17.8 Å². The summed E-state index contributed by atoms with van der Waals surface area (Å²) >= 11 is 0. The summed E-state index contributed by atoms with van der Waals surface area (Å²) < 4.78 is 0.